The van der Waals surface area contributed by atoms with Crippen LogP contribution in [0.15, 0.2) is 0 Å². The highest BCUT2D eigenvalue weighted by molar-refractivity contribution is 5.73. The lowest BCUT2D eigenvalue weighted by molar-refractivity contribution is -0.140. The van der Waals surface area contributed by atoms with Crippen molar-refractivity contribution in [2.75, 3.05) is 0 Å². The molecule has 84 valence electrons. The minimum Gasteiger partial charge on any atom is -0.480 e. The fourth-order valence-electron chi connectivity index (χ4n) is 1.52. The molecule has 0 aliphatic rings. The van der Waals surface area contributed by atoms with Gasteiger partial charge in [0, 0.05) is 6.04 Å². The summed E-state index contributed by atoms with van der Waals surface area (Å²) in [7, 11) is 0. The van der Waals surface area contributed by atoms with E-state index in [1.807, 2.05) is 13.8 Å². The highest BCUT2D eigenvalue weighted by atomic mass is 16.4. The Labute approximate surface area is 86.9 Å². The number of hydrogen-bond donors (Lipinski definition) is 2. The molecular formula is C11H23NO2. The van der Waals surface area contributed by atoms with Gasteiger partial charge in [0.2, 0.25) is 0 Å². The molecule has 0 aliphatic carbocycles. The Morgan fingerprint density at radius 1 is 1.29 bits per heavy atom. The number of carboxylic acid groups (broad SMARTS) is 1. The van der Waals surface area contributed by atoms with E-state index in [1.54, 1.807) is 0 Å². The monoisotopic (exact) mass is 201 g/mol. The lowest BCUT2D eigenvalue weighted by Gasteiger charge is -2.22. The van der Waals surface area contributed by atoms with Gasteiger partial charge < -0.3 is 10.4 Å². The standard InChI is InChI=1S/C11H23NO2/c1-5-9(6-2)12-10(11(13)14)7-8(3)4/h8-10,12H,5-7H2,1-4H3,(H,13,14). The van der Waals surface area contributed by atoms with Crippen LogP contribution in [0.4, 0.5) is 0 Å². The largest absolute Gasteiger partial charge is 0.480 e. The Bertz CT molecular complexity index is 165. The molecule has 0 heterocycles. The zero-order valence-electron chi connectivity index (χ0n) is 9.71. The summed E-state index contributed by atoms with van der Waals surface area (Å²) in [5.41, 5.74) is 0. The summed E-state index contributed by atoms with van der Waals surface area (Å²) in [5.74, 6) is -0.316. The second-order valence-corrected chi connectivity index (χ2v) is 4.20. The number of nitrogens with one attached hydrogen (secondary N) is 1. The van der Waals surface area contributed by atoms with E-state index < -0.39 is 5.97 Å². The molecule has 0 saturated heterocycles. The predicted molar refractivity (Wildman–Crippen MR) is 58.4 cm³/mol. The van der Waals surface area contributed by atoms with Crippen molar-refractivity contribution in [3.05, 3.63) is 0 Å². The van der Waals surface area contributed by atoms with Crippen LogP contribution in [-0.4, -0.2) is 23.2 Å². The third-order valence-corrected chi connectivity index (χ3v) is 2.43. The fraction of sp³-hybridized carbons (Fsp3) is 0.909. The first kappa shape index (κ1) is 13.4. The molecule has 0 rings (SSSR count). The van der Waals surface area contributed by atoms with Crippen molar-refractivity contribution in [1.82, 2.24) is 5.32 Å². The number of rotatable bonds is 7. The van der Waals surface area contributed by atoms with Gasteiger partial charge in [-0.05, 0) is 25.2 Å². The molecule has 0 aromatic heterocycles. The maximum atomic E-state index is 10.9. The zero-order chi connectivity index (χ0) is 11.1. The molecule has 0 radical (unpaired) electrons. The Hall–Kier alpha value is -0.570. The fourth-order valence-corrected chi connectivity index (χ4v) is 1.52. The molecule has 3 nitrogen and oxygen atoms in total. The van der Waals surface area contributed by atoms with Crippen molar-refractivity contribution in [1.29, 1.82) is 0 Å². The minimum absolute atomic E-state index is 0.329. The predicted octanol–water partition coefficient (Wildman–Crippen LogP) is 2.26. The molecule has 0 bridgehead atoms. The van der Waals surface area contributed by atoms with E-state index in [0.29, 0.717) is 18.4 Å². The SMILES string of the molecule is CCC(CC)NC(CC(C)C)C(=O)O. The van der Waals surface area contributed by atoms with Crippen LogP contribution in [0.1, 0.15) is 47.0 Å². The quantitative estimate of drug-likeness (QED) is 0.664. The highest BCUT2D eigenvalue weighted by Crippen LogP contribution is 2.07. The van der Waals surface area contributed by atoms with Crippen LogP contribution in [0.5, 0.6) is 0 Å². The molecule has 1 unspecified atom stereocenters. The molecule has 1 atom stereocenters. The molecule has 0 saturated carbocycles. The van der Waals surface area contributed by atoms with Gasteiger partial charge in [-0.1, -0.05) is 27.7 Å². The molecule has 0 fully saturated rings. The molecule has 0 aromatic rings. The Balaban J connectivity index is 4.14. The van der Waals surface area contributed by atoms with Gasteiger partial charge in [-0.25, -0.2) is 0 Å². The van der Waals surface area contributed by atoms with Crippen LogP contribution in [-0.2, 0) is 4.79 Å². The van der Waals surface area contributed by atoms with Crippen LogP contribution in [0.3, 0.4) is 0 Å². The molecule has 3 heteroatoms. The molecule has 14 heavy (non-hydrogen) atoms. The summed E-state index contributed by atoms with van der Waals surface area (Å²) < 4.78 is 0. The normalized spacial score (nSPS) is 13.6. The number of aliphatic carboxylic acids is 1. The molecule has 2 N–H and O–H groups in total. The first-order chi connectivity index (χ1) is 6.51. The lowest BCUT2D eigenvalue weighted by Crippen LogP contribution is -2.43. The van der Waals surface area contributed by atoms with E-state index in [-0.39, 0.29) is 6.04 Å². The molecule has 0 aliphatic heterocycles. The van der Waals surface area contributed by atoms with Crippen LogP contribution < -0.4 is 5.32 Å². The molecule has 0 spiro atoms. The second kappa shape index (κ2) is 6.82. The summed E-state index contributed by atoms with van der Waals surface area (Å²) in [6.07, 6.45) is 2.67. The van der Waals surface area contributed by atoms with E-state index in [9.17, 15) is 4.79 Å². The van der Waals surface area contributed by atoms with Gasteiger partial charge in [0.1, 0.15) is 6.04 Å². The van der Waals surface area contributed by atoms with Crippen LogP contribution >= 0.6 is 0 Å². The molecular weight excluding hydrogens is 178 g/mol. The van der Waals surface area contributed by atoms with Gasteiger partial charge in [-0.3, -0.25) is 4.79 Å². The Kier molecular flexibility index (Phi) is 6.54. The van der Waals surface area contributed by atoms with Crippen LogP contribution in [0, 0.1) is 5.92 Å². The van der Waals surface area contributed by atoms with Crippen molar-refractivity contribution in [3.63, 3.8) is 0 Å². The van der Waals surface area contributed by atoms with Gasteiger partial charge in [0.15, 0.2) is 0 Å². The maximum Gasteiger partial charge on any atom is 0.320 e. The summed E-state index contributed by atoms with van der Waals surface area (Å²) >= 11 is 0. The Morgan fingerprint density at radius 2 is 1.79 bits per heavy atom. The zero-order valence-corrected chi connectivity index (χ0v) is 9.71. The topological polar surface area (TPSA) is 49.3 Å². The first-order valence-electron chi connectivity index (χ1n) is 5.50. The summed E-state index contributed by atoms with van der Waals surface area (Å²) in [6, 6.07) is -0.0604. The molecule has 0 amide bonds. The van der Waals surface area contributed by atoms with E-state index in [4.69, 9.17) is 5.11 Å². The van der Waals surface area contributed by atoms with Crippen molar-refractivity contribution in [3.8, 4) is 0 Å². The minimum atomic E-state index is -0.731. The van der Waals surface area contributed by atoms with E-state index in [0.717, 1.165) is 12.8 Å². The lowest BCUT2D eigenvalue weighted by atomic mass is 10.0. The van der Waals surface area contributed by atoms with E-state index in [1.165, 1.54) is 0 Å². The van der Waals surface area contributed by atoms with Crippen molar-refractivity contribution in [2.45, 2.75) is 59.0 Å². The van der Waals surface area contributed by atoms with E-state index >= 15 is 0 Å². The van der Waals surface area contributed by atoms with E-state index in [2.05, 4.69) is 19.2 Å². The maximum absolute atomic E-state index is 10.9. The van der Waals surface area contributed by atoms with Crippen molar-refractivity contribution in [2.24, 2.45) is 5.92 Å². The van der Waals surface area contributed by atoms with Crippen LogP contribution in [0.25, 0.3) is 0 Å². The van der Waals surface area contributed by atoms with Crippen molar-refractivity contribution < 1.29 is 9.90 Å². The summed E-state index contributed by atoms with van der Waals surface area (Å²) in [4.78, 5) is 10.9. The summed E-state index contributed by atoms with van der Waals surface area (Å²) in [5, 5.41) is 12.2. The molecule has 0 aromatic carbocycles. The average molecular weight is 201 g/mol. The number of hydrogen-bond acceptors (Lipinski definition) is 2. The highest BCUT2D eigenvalue weighted by Gasteiger charge is 2.20. The second-order valence-electron chi connectivity index (χ2n) is 4.20. The van der Waals surface area contributed by atoms with Gasteiger partial charge >= 0.3 is 5.97 Å². The van der Waals surface area contributed by atoms with Crippen LogP contribution in [0.2, 0.25) is 0 Å². The summed E-state index contributed by atoms with van der Waals surface area (Å²) in [6.45, 7) is 8.25. The number of carbonyl (C=O) groups is 1. The van der Waals surface area contributed by atoms with Crippen molar-refractivity contribution >= 4 is 5.97 Å². The Morgan fingerprint density at radius 3 is 2.07 bits per heavy atom. The van der Waals surface area contributed by atoms with Gasteiger partial charge in [-0.15, -0.1) is 0 Å². The van der Waals surface area contributed by atoms with Gasteiger partial charge in [0.05, 0.1) is 0 Å². The smallest absolute Gasteiger partial charge is 0.320 e. The third kappa shape index (κ3) is 5.22. The third-order valence-electron chi connectivity index (χ3n) is 2.43. The average Bonchev–Trinajstić information content (AvgIpc) is 2.11. The van der Waals surface area contributed by atoms with Gasteiger partial charge in [0.25, 0.3) is 0 Å². The van der Waals surface area contributed by atoms with Gasteiger partial charge in [-0.2, -0.15) is 0 Å². The first-order valence-corrected chi connectivity index (χ1v) is 5.50. The number of carboxylic acids is 1.